The summed E-state index contributed by atoms with van der Waals surface area (Å²) in [4.78, 5) is 11.8. The third-order valence-corrected chi connectivity index (χ3v) is 4.06. The molecule has 1 aliphatic carbocycles. The number of hydrogen-bond donors (Lipinski definition) is 2. The van der Waals surface area contributed by atoms with Crippen molar-refractivity contribution in [3.63, 3.8) is 0 Å². The first-order chi connectivity index (χ1) is 10.1. The van der Waals surface area contributed by atoms with Gasteiger partial charge in [-0.15, -0.1) is 0 Å². The fraction of sp³-hybridized carbons (Fsp3) is 0.562. The Bertz CT molecular complexity index is 485. The van der Waals surface area contributed by atoms with Crippen LogP contribution in [0.2, 0.25) is 0 Å². The van der Waals surface area contributed by atoms with E-state index in [1.165, 1.54) is 18.9 Å². The third kappa shape index (κ3) is 4.69. The van der Waals surface area contributed by atoms with Crippen LogP contribution in [0.5, 0.6) is 0 Å². The quantitative estimate of drug-likeness (QED) is 0.847. The first-order valence-corrected chi connectivity index (χ1v) is 7.61. The molecule has 0 saturated heterocycles. The molecule has 2 amide bonds. The van der Waals surface area contributed by atoms with E-state index in [-0.39, 0.29) is 11.7 Å². The maximum absolute atomic E-state index is 13.4. The molecule has 5 heteroatoms. The minimum absolute atomic E-state index is 0.00595. The van der Waals surface area contributed by atoms with Gasteiger partial charge in [0.2, 0.25) is 0 Å². The van der Waals surface area contributed by atoms with Gasteiger partial charge in [-0.2, -0.15) is 0 Å². The van der Waals surface area contributed by atoms with Crippen LogP contribution in [-0.4, -0.2) is 12.1 Å². The normalized spacial score (nSPS) is 21.9. The predicted octanol–water partition coefficient (Wildman–Crippen LogP) is 4.45. The van der Waals surface area contributed by atoms with Crippen LogP contribution in [0.3, 0.4) is 0 Å². The standard InChI is InChI=1S/C16H22F2N2O/c1-2-3-11-4-7-13(8-5-11)19-16(21)20-15-9-6-12(17)10-14(15)18/h6,9-11,13H,2-5,7-8H2,1H3,(H2,19,20,21). The molecule has 1 aromatic carbocycles. The number of rotatable bonds is 4. The van der Waals surface area contributed by atoms with Crippen LogP contribution in [0.4, 0.5) is 19.3 Å². The van der Waals surface area contributed by atoms with Gasteiger partial charge in [0.15, 0.2) is 0 Å². The SMILES string of the molecule is CCCC1CCC(NC(=O)Nc2ccc(F)cc2F)CC1. The smallest absolute Gasteiger partial charge is 0.319 e. The first kappa shape index (κ1) is 15.7. The maximum atomic E-state index is 13.4. The Hall–Kier alpha value is -1.65. The van der Waals surface area contributed by atoms with E-state index in [0.717, 1.165) is 43.7 Å². The monoisotopic (exact) mass is 296 g/mol. The summed E-state index contributed by atoms with van der Waals surface area (Å²) in [7, 11) is 0. The van der Waals surface area contributed by atoms with Gasteiger partial charge < -0.3 is 10.6 Å². The van der Waals surface area contributed by atoms with E-state index in [1.807, 2.05) is 0 Å². The molecule has 1 saturated carbocycles. The van der Waals surface area contributed by atoms with Crippen molar-refractivity contribution in [3.8, 4) is 0 Å². The van der Waals surface area contributed by atoms with E-state index in [2.05, 4.69) is 17.6 Å². The number of urea groups is 1. The Labute approximate surface area is 124 Å². The van der Waals surface area contributed by atoms with E-state index in [1.54, 1.807) is 0 Å². The zero-order chi connectivity index (χ0) is 15.2. The van der Waals surface area contributed by atoms with Gasteiger partial charge in [-0.25, -0.2) is 13.6 Å². The van der Waals surface area contributed by atoms with E-state index in [0.29, 0.717) is 0 Å². The number of hydrogen-bond acceptors (Lipinski definition) is 1. The fourth-order valence-corrected chi connectivity index (χ4v) is 2.94. The van der Waals surface area contributed by atoms with Gasteiger partial charge in [0.05, 0.1) is 5.69 Å². The summed E-state index contributed by atoms with van der Waals surface area (Å²) in [6.45, 7) is 2.19. The van der Waals surface area contributed by atoms with Crippen molar-refractivity contribution in [2.24, 2.45) is 5.92 Å². The van der Waals surface area contributed by atoms with Crippen molar-refractivity contribution < 1.29 is 13.6 Å². The highest BCUT2D eigenvalue weighted by atomic mass is 19.1. The van der Waals surface area contributed by atoms with Gasteiger partial charge in [-0.05, 0) is 43.7 Å². The second-order valence-corrected chi connectivity index (χ2v) is 5.73. The second kappa shape index (κ2) is 7.38. The van der Waals surface area contributed by atoms with Crippen molar-refractivity contribution in [3.05, 3.63) is 29.8 Å². The molecule has 0 heterocycles. The molecule has 1 aromatic rings. The highest BCUT2D eigenvalue weighted by Crippen LogP contribution is 2.27. The Balaban J connectivity index is 1.80. The first-order valence-electron chi connectivity index (χ1n) is 7.61. The van der Waals surface area contributed by atoms with Gasteiger partial charge in [0.25, 0.3) is 0 Å². The lowest BCUT2D eigenvalue weighted by Crippen LogP contribution is -2.40. The zero-order valence-electron chi connectivity index (χ0n) is 12.3. The molecule has 2 N–H and O–H groups in total. The summed E-state index contributed by atoms with van der Waals surface area (Å²) in [6, 6.07) is 2.81. The number of carbonyl (C=O) groups excluding carboxylic acids is 1. The molecule has 0 spiro atoms. The molecule has 0 bridgehead atoms. The van der Waals surface area contributed by atoms with Crippen molar-refractivity contribution in [1.29, 1.82) is 0 Å². The number of anilines is 1. The molecule has 0 radical (unpaired) electrons. The summed E-state index contributed by atoms with van der Waals surface area (Å²) in [6.07, 6.45) is 6.63. The number of nitrogens with one attached hydrogen (secondary N) is 2. The molecule has 2 rings (SSSR count). The highest BCUT2D eigenvalue weighted by Gasteiger charge is 2.22. The lowest BCUT2D eigenvalue weighted by atomic mass is 9.83. The summed E-state index contributed by atoms with van der Waals surface area (Å²) in [5.41, 5.74) is -0.00595. The van der Waals surface area contributed by atoms with E-state index in [4.69, 9.17) is 0 Å². The molecular formula is C16H22F2N2O. The topological polar surface area (TPSA) is 41.1 Å². The average molecular weight is 296 g/mol. The average Bonchev–Trinajstić information content (AvgIpc) is 2.44. The van der Waals surface area contributed by atoms with Crippen LogP contribution in [0, 0.1) is 17.6 Å². The van der Waals surface area contributed by atoms with E-state index >= 15 is 0 Å². The van der Waals surface area contributed by atoms with Gasteiger partial charge in [-0.1, -0.05) is 19.8 Å². The van der Waals surface area contributed by atoms with Crippen LogP contribution in [-0.2, 0) is 0 Å². The Kier molecular flexibility index (Phi) is 5.53. The number of carbonyl (C=O) groups is 1. The van der Waals surface area contributed by atoms with Gasteiger partial charge in [0, 0.05) is 12.1 Å². The van der Waals surface area contributed by atoms with E-state index < -0.39 is 17.7 Å². The summed E-state index contributed by atoms with van der Waals surface area (Å²) in [5.74, 6) is -0.657. The molecule has 21 heavy (non-hydrogen) atoms. The number of amides is 2. The molecular weight excluding hydrogens is 274 g/mol. The minimum atomic E-state index is -0.767. The zero-order valence-corrected chi connectivity index (χ0v) is 12.3. The number of benzene rings is 1. The maximum Gasteiger partial charge on any atom is 0.319 e. The predicted molar refractivity (Wildman–Crippen MR) is 79.2 cm³/mol. The van der Waals surface area contributed by atoms with Crippen molar-refractivity contribution >= 4 is 11.7 Å². The summed E-state index contributed by atoms with van der Waals surface area (Å²) in [5, 5.41) is 5.29. The highest BCUT2D eigenvalue weighted by molar-refractivity contribution is 5.89. The van der Waals surface area contributed by atoms with Gasteiger partial charge in [-0.3, -0.25) is 0 Å². The molecule has 0 aliphatic heterocycles. The molecule has 1 aliphatic rings. The Morgan fingerprint density at radius 3 is 2.57 bits per heavy atom. The largest absolute Gasteiger partial charge is 0.335 e. The lowest BCUT2D eigenvalue weighted by molar-refractivity contribution is 0.235. The molecule has 0 unspecified atom stereocenters. The Morgan fingerprint density at radius 1 is 1.24 bits per heavy atom. The van der Waals surface area contributed by atoms with Crippen molar-refractivity contribution in [2.75, 3.05) is 5.32 Å². The van der Waals surface area contributed by atoms with Crippen LogP contribution < -0.4 is 10.6 Å². The minimum Gasteiger partial charge on any atom is -0.335 e. The summed E-state index contributed by atoms with van der Waals surface area (Å²) >= 11 is 0. The van der Waals surface area contributed by atoms with Crippen LogP contribution in [0.25, 0.3) is 0 Å². The van der Waals surface area contributed by atoms with E-state index in [9.17, 15) is 13.6 Å². The van der Waals surface area contributed by atoms with Crippen LogP contribution in [0.15, 0.2) is 18.2 Å². The molecule has 1 fully saturated rings. The lowest BCUT2D eigenvalue weighted by Gasteiger charge is -2.28. The molecule has 0 atom stereocenters. The van der Waals surface area contributed by atoms with Crippen molar-refractivity contribution in [1.82, 2.24) is 5.32 Å². The molecule has 0 aromatic heterocycles. The third-order valence-electron chi connectivity index (χ3n) is 4.06. The number of halogens is 2. The Morgan fingerprint density at radius 2 is 1.95 bits per heavy atom. The van der Waals surface area contributed by atoms with Crippen molar-refractivity contribution in [2.45, 2.75) is 51.5 Å². The second-order valence-electron chi connectivity index (χ2n) is 5.73. The van der Waals surface area contributed by atoms with Gasteiger partial charge >= 0.3 is 6.03 Å². The molecule has 3 nitrogen and oxygen atoms in total. The molecule has 116 valence electrons. The van der Waals surface area contributed by atoms with Crippen LogP contribution >= 0.6 is 0 Å². The fourth-order valence-electron chi connectivity index (χ4n) is 2.94. The van der Waals surface area contributed by atoms with Gasteiger partial charge in [0.1, 0.15) is 11.6 Å². The summed E-state index contributed by atoms with van der Waals surface area (Å²) < 4.78 is 26.2. The van der Waals surface area contributed by atoms with Crippen LogP contribution in [0.1, 0.15) is 45.4 Å².